The number of nitrogens with zero attached hydrogens (tertiary/aromatic N) is 5. The van der Waals surface area contributed by atoms with Gasteiger partial charge < -0.3 is 9.47 Å². The quantitative estimate of drug-likeness (QED) is 0.125. The molecule has 0 aliphatic carbocycles. The molecule has 0 atom stereocenters. The number of carbonyl (C=O) groups excluding carboxylic acids is 1. The van der Waals surface area contributed by atoms with Crippen LogP contribution >= 0.6 is 22.6 Å². The van der Waals surface area contributed by atoms with Crippen molar-refractivity contribution in [2.24, 2.45) is 0 Å². The number of aryl methyl sites for hydroxylation is 1. The Morgan fingerprint density at radius 1 is 0.911 bits per heavy atom. The van der Waals surface area contributed by atoms with E-state index in [-0.39, 0.29) is 17.7 Å². The molecule has 9 nitrogen and oxygen atoms in total. The number of carbonyl (C=O) groups is 1. The van der Waals surface area contributed by atoms with Gasteiger partial charge in [0.2, 0.25) is 0 Å². The molecule has 0 saturated carbocycles. The van der Waals surface area contributed by atoms with E-state index in [9.17, 15) is 14.0 Å². The molecule has 0 unspecified atom stereocenters. The Morgan fingerprint density at radius 2 is 1.64 bits per heavy atom. The molecule has 3 aromatic carbocycles. The summed E-state index contributed by atoms with van der Waals surface area (Å²) in [6.45, 7) is 2.10. The predicted molar refractivity (Wildman–Crippen MR) is 171 cm³/mol. The molecule has 6 aromatic rings. The molecule has 0 fully saturated rings. The third-order valence-corrected chi connectivity index (χ3v) is 7.78. The van der Waals surface area contributed by atoms with E-state index in [0.717, 1.165) is 16.0 Å². The maximum absolute atomic E-state index is 15.3. The fourth-order valence-corrected chi connectivity index (χ4v) is 5.60. The van der Waals surface area contributed by atoms with Gasteiger partial charge >= 0.3 is 0 Å². The van der Waals surface area contributed by atoms with Crippen LogP contribution < -0.4 is 15.0 Å². The van der Waals surface area contributed by atoms with Crippen LogP contribution in [0.25, 0.3) is 16.7 Å². The van der Waals surface area contributed by atoms with Crippen molar-refractivity contribution in [3.63, 3.8) is 0 Å². The number of pyridine rings is 1. The van der Waals surface area contributed by atoms with Gasteiger partial charge in [-0.15, -0.1) is 0 Å². The molecule has 0 amide bonds. The molecule has 45 heavy (non-hydrogen) atoms. The van der Waals surface area contributed by atoms with Gasteiger partial charge in [0.1, 0.15) is 21.0 Å². The topological polar surface area (TPSA) is 101 Å². The molecule has 0 N–H and O–H groups in total. The molecular weight excluding hydrogens is 695 g/mol. The number of aromatic nitrogens is 5. The monoisotopic (exact) mass is 719 g/mol. The first-order chi connectivity index (χ1) is 21.7. The maximum atomic E-state index is 15.3. The van der Waals surface area contributed by atoms with Gasteiger partial charge in [-0.2, -0.15) is 14.9 Å². The largest absolute Gasteiger partial charge is 0.497 e. The Hall–Kier alpha value is -4.98. The molecule has 3 aromatic heterocycles. The number of rotatable bonds is 9. The van der Waals surface area contributed by atoms with Crippen LogP contribution in [0.15, 0.2) is 89.9 Å². The van der Waals surface area contributed by atoms with Crippen LogP contribution in [0.4, 0.5) is 8.78 Å². The van der Waals surface area contributed by atoms with Crippen LogP contribution in [0.5, 0.6) is 17.2 Å². The first-order valence-corrected chi connectivity index (χ1v) is 14.8. The predicted octanol–water partition coefficient (Wildman–Crippen LogP) is 6.44. The van der Waals surface area contributed by atoms with Crippen molar-refractivity contribution >= 4 is 39.4 Å². The molecular formula is C33H24F2IN5O4. The fraction of sp³-hybridized carbons (Fsp3) is 0.121. The molecule has 12 heteroatoms. The maximum Gasteiger partial charge on any atom is 0.282 e. The van der Waals surface area contributed by atoms with Crippen LogP contribution in [-0.4, -0.2) is 37.4 Å². The normalized spacial score (nSPS) is 11.1. The Kier molecular flexibility index (Phi) is 8.39. The zero-order valence-corrected chi connectivity index (χ0v) is 26.2. The van der Waals surface area contributed by atoms with E-state index < -0.39 is 23.0 Å². The van der Waals surface area contributed by atoms with Crippen molar-refractivity contribution in [2.75, 3.05) is 7.11 Å². The van der Waals surface area contributed by atoms with Gasteiger partial charge in [-0.25, -0.2) is 18.4 Å². The first-order valence-electron chi connectivity index (χ1n) is 13.7. The Labute approximate surface area is 269 Å². The smallest absolute Gasteiger partial charge is 0.282 e. The van der Waals surface area contributed by atoms with Crippen molar-refractivity contribution < 1.29 is 23.0 Å². The first kappa shape index (κ1) is 30.1. The zero-order chi connectivity index (χ0) is 31.7. The van der Waals surface area contributed by atoms with E-state index in [2.05, 4.69) is 37.8 Å². The van der Waals surface area contributed by atoms with Crippen molar-refractivity contribution in [3.05, 3.63) is 133 Å². The highest BCUT2D eigenvalue weighted by Gasteiger charge is 2.19. The summed E-state index contributed by atoms with van der Waals surface area (Å²) in [5.74, 6) is -0.572. The lowest BCUT2D eigenvalue weighted by Gasteiger charge is -2.11. The number of fused-ring (bicyclic) bond motifs is 1. The number of methoxy groups -OCH3 is 1. The molecule has 226 valence electrons. The second-order valence-corrected chi connectivity index (χ2v) is 11.2. The SMILES string of the molecule is COc1ccc(Cn2nc(I)c3c(Oc4ccc(CC(=O)c5cc(C)nn(-c6ccc(F)cc6)c5=O)cc4F)ccnc32)cc1. The minimum Gasteiger partial charge on any atom is -0.497 e. The molecule has 3 heterocycles. The van der Waals surface area contributed by atoms with E-state index >= 15 is 4.39 Å². The fourth-order valence-electron chi connectivity index (χ4n) is 4.84. The van der Waals surface area contributed by atoms with Gasteiger partial charge in [-0.3, -0.25) is 9.59 Å². The summed E-state index contributed by atoms with van der Waals surface area (Å²) < 4.78 is 43.4. The van der Waals surface area contributed by atoms with E-state index in [1.807, 2.05) is 24.3 Å². The van der Waals surface area contributed by atoms with Gasteiger partial charge in [0.05, 0.1) is 36.0 Å². The summed E-state index contributed by atoms with van der Waals surface area (Å²) in [5, 5.41) is 9.44. The van der Waals surface area contributed by atoms with E-state index in [1.54, 1.807) is 37.0 Å². The average Bonchev–Trinajstić information content (AvgIpc) is 3.35. The van der Waals surface area contributed by atoms with Crippen LogP contribution in [0.2, 0.25) is 0 Å². The minimum atomic E-state index is -0.680. The van der Waals surface area contributed by atoms with Crippen molar-refractivity contribution in [1.29, 1.82) is 0 Å². The van der Waals surface area contributed by atoms with Gasteiger partial charge in [0.15, 0.2) is 23.0 Å². The standard InChI is InChI=1S/C33H24F2IN5O4/c1-19-15-25(33(43)41(38-19)23-8-6-22(34)7-9-23)27(42)17-21-5-12-28(26(35)16-21)45-29-13-14-37-32-30(29)31(36)39-40(32)18-20-3-10-24(44-2)11-4-20/h3-16H,17-18H2,1-2H3. The molecule has 0 saturated heterocycles. The Balaban J connectivity index is 1.22. The number of hydrogen-bond donors (Lipinski definition) is 0. The number of halogens is 3. The molecule has 0 aliphatic rings. The Morgan fingerprint density at radius 3 is 2.36 bits per heavy atom. The molecule has 0 aliphatic heterocycles. The number of ketones is 1. The minimum absolute atomic E-state index is 0.0455. The van der Waals surface area contributed by atoms with E-state index in [0.29, 0.717) is 44.0 Å². The third kappa shape index (κ3) is 6.32. The summed E-state index contributed by atoms with van der Waals surface area (Å²) >= 11 is 2.09. The van der Waals surface area contributed by atoms with Crippen LogP contribution in [-0.2, 0) is 13.0 Å². The summed E-state index contributed by atoms with van der Waals surface area (Å²) in [4.78, 5) is 30.8. The summed E-state index contributed by atoms with van der Waals surface area (Å²) in [5.41, 5.74) is 1.91. The molecule has 6 rings (SSSR count). The summed E-state index contributed by atoms with van der Waals surface area (Å²) in [6.07, 6.45) is 1.34. The lowest BCUT2D eigenvalue weighted by atomic mass is 10.0. The second kappa shape index (κ2) is 12.6. The average molecular weight is 719 g/mol. The van der Waals surface area contributed by atoms with Crippen LogP contribution in [0, 0.1) is 22.3 Å². The second-order valence-electron chi connectivity index (χ2n) is 10.2. The molecule has 0 radical (unpaired) electrons. The highest BCUT2D eigenvalue weighted by molar-refractivity contribution is 14.1. The van der Waals surface area contributed by atoms with Gasteiger partial charge in [0, 0.05) is 18.7 Å². The van der Waals surface area contributed by atoms with Crippen molar-refractivity contribution in [3.8, 4) is 22.9 Å². The van der Waals surface area contributed by atoms with Gasteiger partial charge in [-0.05, 0) is 95.2 Å². The zero-order valence-electron chi connectivity index (χ0n) is 24.0. The van der Waals surface area contributed by atoms with Crippen LogP contribution in [0.1, 0.15) is 27.2 Å². The van der Waals surface area contributed by atoms with Crippen LogP contribution in [0.3, 0.4) is 0 Å². The van der Waals surface area contributed by atoms with E-state index in [1.165, 1.54) is 42.5 Å². The summed E-state index contributed by atoms with van der Waals surface area (Å²) in [7, 11) is 1.61. The number of benzene rings is 3. The lowest BCUT2D eigenvalue weighted by Crippen LogP contribution is -2.28. The third-order valence-electron chi connectivity index (χ3n) is 7.03. The number of ether oxygens (including phenoxy) is 2. The number of hydrogen-bond acceptors (Lipinski definition) is 7. The lowest BCUT2D eigenvalue weighted by molar-refractivity contribution is 0.0990. The highest BCUT2D eigenvalue weighted by atomic mass is 127. The summed E-state index contributed by atoms with van der Waals surface area (Å²) in [6, 6.07) is 20.1. The van der Waals surface area contributed by atoms with Crippen molar-refractivity contribution in [2.45, 2.75) is 19.9 Å². The molecule has 0 bridgehead atoms. The molecule has 0 spiro atoms. The van der Waals surface area contributed by atoms with Gasteiger partial charge in [-0.1, -0.05) is 18.2 Å². The Bertz CT molecular complexity index is 2110. The number of Topliss-reactive ketones (excluding diaryl/α,β-unsaturated/α-hetero) is 1. The van der Waals surface area contributed by atoms with E-state index in [4.69, 9.17) is 9.47 Å². The van der Waals surface area contributed by atoms with Gasteiger partial charge in [0.25, 0.3) is 5.56 Å². The highest BCUT2D eigenvalue weighted by Crippen LogP contribution is 2.34. The van der Waals surface area contributed by atoms with Crippen molar-refractivity contribution in [1.82, 2.24) is 24.5 Å².